The quantitative estimate of drug-likeness (QED) is 0.564. The minimum absolute atomic E-state index is 0.169. The van der Waals surface area contributed by atoms with E-state index < -0.39 is 0 Å². The molecule has 1 aromatic heterocycles. The second-order valence-electron chi connectivity index (χ2n) is 7.32. The lowest BCUT2D eigenvalue weighted by atomic mass is 10.1. The Morgan fingerprint density at radius 2 is 1.74 bits per heavy atom. The van der Waals surface area contributed by atoms with Crippen molar-refractivity contribution in [1.82, 2.24) is 14.9 Å². The van der Waals surface area contributed by atoms with Crippen molar-refractivity contribution in [2.75, 3.05) is 6.61 Å². The third-order valence-corrected chi connectivity index (χ3v) is 5.41. The zero-order valence-electron chi connectivity index (χ0n) is 17.7. The fraction of sp³-hybridized carbons (Fsp3) is 0.292. The van der Waals surface area contributed by atoms with Gasteiger partial charge in [-0.05, 0) is 48.7 Å². The first-order valence-electron chi connectivity index (χ1n) is 10.2. The molecule has 0 spiro atoms. The predicted molar refractivity (Wildman–Crippen MR) is 122 cm³/mol. The Hall–Kier alpha value is -2.96. The summed E-state index contributed by atoms with van der Waals surface area (Å²) in [5, 5.41) is 12.8. The number of nitrogens with one attached hydrogen (secondary N) is 1. The van der Waals surface area contributed by atoms with Gasteiger partial charge in [-0.15, -0.1) is 0 Å². The number of aromatic nitrogens is 2. The van der Waals surface area contributed by atoms with Crippen LogP contribution in [0.25, 0.3) is 11.4 Å². The molecule has 0 unspecified atom stereocenters. The van der Waals surface area contributed by atoms with Crippen LogP contribution < -0.4 is 10.9 Å². The van der Waals surface area contributed by atoms with Crippen molar-refractivity contribution in [2.45, 2.75) is 39.8 Å². The van der Waals surface area contributed by atoms with E-state index in [-0.39, 0.29) is 31.0 Å². The van der Waals surface area contributed by atoms with E-state index in [1.807, 2.05) is 24.3 Å². The van der Waals surface area contributed by atoms with Crippen molar-refractivity contribution in [2.24, 2.45) is 0 Å². The van der Waals surface area contributed by atoms with E-state index in [0.29, 0.717) is 34.2 Å². The molecular formula is C24H26ClN3O3. The van der Waals surface area contributed by atoms with Gasteiger partial charge in [0.05, 0.1) is 0 Å². The van der Waals surface area contributed by atoms with E-state index in [4.69, 9.17) is 11.6 Å². The molecule has 31 heavy (non-hydrogen) atoms. The molecule has 1 amide bonds. The van der Waals surface area contributed by atoms with Crippen molar-refractivity contribution < 1.29 is 9.90 Å². The molecular weight excluding hydrogens is 414 g/mol. The van der Waals surface area contributed by atoms with Crippen LogP contribution in [0, 0.1) is 6.92 Å². The zero-order valence-corrected chi connectivity index (χ0v) is 18.4. The highest BCUT2D eigenvalue weighted by molar-refractivity contribution is 6.30. The second-order valence-corrected chi connectivity index (χ2v) is 7.75. The maximum absolute atomic E-state index is 13.1. The van der Waals surface area contributed by atoms with E-state index >= 15 is 0 Å². The zero-order chi connectivity index (χ0) is 22.4. The van der Waals surface area contributed by atoms with Gasteiger partial charge >= 0.3 is 0 Å². The Morgan fingerprint density at radius 1 is 1.10 bits per heavy atom. The fourth-order valence-electron chi connectivity index (χ4n) is 3.36. The number of amides is 1. The molecule has 1 heterocycles. The average molecular weight is 440 g/mol. The number of halogens is 1. The summed E-state index contributed by atoms with van der Waals surface area (Å²) >= 11 is 5.99. The van der Waals surface area contributed by atoms with Crippen LogP contribution in [0.2, 0.25) is 5.02 Å². The Bertz CT molecular complexity index is 1110. The van der Waals surface area contributed by atoms with Crippen LogP contribution in [-0.2, 0) is 30.7 Å². The van der Waals surface area contributed by atoms with E-state index in [9.17, 15) is 14.7 Å². The van der Waals surface area contributed by atoms with Gasteiger partial charge in [-0.25, -0.2) is 4.98 Å². The van der Waals surface area contributed by atoms with Gasteiger partial charge in [0.15, 0.2) is 0 Å². The molecule has 0 saturated heterocycles. The molecule has 162 valence electrons. The number of aliphatic hydroxyl groups excluding tert-OH is 1. The summed E-state index contributed by atoms with van der Waals surface area (Å²) in [5.41, 5.74) is 3.52. The highest BCUT2D eigenvalue weighted by Crippen LogP contribution is 2.20. The molecule has 0 atom stereocenters. The summed E-state index contributed by atoms with van der Waals surface area (Å²) in [6, 6.07) is 15.0. The lowest BCUT2D eigenvalue weighted by molar-refractivity contribution is -0.121. The number of carbonyl (C=O) groups excluding carboxylic acids is 1. The summed E-state index contributed by atoms with van der Waals surface area (Å²) in [7, 11) is 0. The molecule has 0 bridgehead atoms. The first-order chi connectivity index (χ1) is 14.9. The van der Waals surface area contributed by atoms with Crippen LogP contribution in [0.1, 0.15) is 29.3 Å². The molecule has 2 N–H and O–H groups in total. The molecule has 0 fully saturated rings. The lowest BCUT2D eigenvalue weighted by Gasteiger charge is -2.16. The van der Waals surface area contributed by atoms with E-state index in [0.717, 1.165) is 12.0 Å². The van der Waals surface area contributed by atoms with Gasteiger partial charge in [0, 0.05) is 41.4 Å². The summed E-state index contributed by atoms with van der Waals surface area (Å²) in [4.78, 5) is 30.4. The van der Waals surface area contributed by atoms with Gasteiger partial charge in [0.1, 0.15) is 12.4 Å². The molecule has 0 aliphatic rings. The molecule has 0 saturated carbocycles. The summed E-state index contributed by atoms with van der Waals surface area (Å²) in [6.07, 6.45) is 1.14. The maximum Gasteiger partial charge on any atom is 0.257 e. The van der Waals surface area contributed by atoms with Crippen LogP contribution in [0.5, 0.6) is 0 Å². The average Bonchev–Trinajstić information content (AvgIpc) is 2.78. The predicted octanol–water partition coefficient (Wildman–Crippen LogP) is 3.29. The monoisotopic (exact) mass is 439 g/mol. The van der Waals surface area contributed by atoms with Crippen molar-refractivity contribution >= 4 is 17.5 Å². The minimum Gasteiger partial charge on any atom is -0.396 e. The summed E-state index contributed by atoms with van der Waals surface area (Å²) in [6.45, 7) is 3.85. The molecule has 0 radical (unpaired) electrons. The number of rotatable bonds is 8. The Kier molecular flexibility index (Phi) is 7.60. The Labute approximate surface area is 186 Å². The van der Waals surface area contributed by atoms with E-state index in [1.54, 1.807) is 31.2 Å². The highest BCUT2D eigenvalue weighted by atomic mass is 35.5. The van der Waals surface area contributed by atoms with Gasteiger partial charge < -0.3 is 10.4 Å². The second kappa shape index (κ2) is 10.4. The number of nitrogens with zero attached hydrogens (tertiary/aromatic N) is 2. The Balaban J connectivity index is 1.88. The third kappa shape index (κ3) is 5.60. The number of carbonyl (C=O) groups is 1. The third-order valence-electron chi connectivity index (χ3n) is 5.16. The Morgan fingerprint density at radius 3 is 2.35 bits per heavy atom. The van der Waals surface area contributed by atoms with Gasteiger partial charge in [-0.2, -0.15) is 0 Å². The maximum atomic E-state index is 13.1. The number of aliphatic hydroxyl groups is 1. The lowest BCUT2D eigenvalue weighted by Crippen LogP contribution is -2.35. The highest BCUT2D eigenvalue weighted by Gasteiger charge is 2.17. The standard InChI is InChI=1S/C24H26ClN3O3/c1-3-17-4-6-18(7-5-17)14-26-22(30)15-28-23(19-8-10-20(25)11-9-19)27-16(2)21(12-13-29)24(28)31/h4-11,29H,3,12-15H2,1-2H3,(H,26,30). The number of aryl methyl sites for hydroxylation is 2. The molecule has 7 heteroatoms. The smallest absolute Gasteiger partial charge is 0.257 e. The number of benzene rings is 2. The fourth-order valence-corrected chi connectivity index (χ4v) is 3.49. The van der Waals surface area contributed by atoms with Crippen LogP contribution in [0.4, 0.5) is 0 Å². The van der Waals surface area contributed by atoms with Crippen LogP contribution in [0.15, 0.2) is 53.3 Å². The first kappa shape index (κ1) is 22.7. The SMILES string of the molecule is CCc1ccc(CNC(=O)Cn2c(-c3ccc(Cl)cc3)nc(C)c(CCO)c2=O)cc1. The minimum atomic E-state index is -0.325. The van der Waals surface area contributed by atoms with E-state index in [1.165, 1.54) is 10.1 Å². The van der Waals surface area contributed by atoms with Gasteiger partial charge in [-0.3, -0.25) is 14.2 Å². The molecule has 0 aliphatic heterocycles. The molecule has 2 aromatic carbocycles. The summed E-state index contributed by atoms with van der Waals surface area (Å²) < 4.78 is 1.36. The van der Waals surface area contributed by atoms with Crippen molar-refractivity contribution in [3.63, 3.8) is 0 Å². The number of hydrogen-bond acceptors (Lipinski definition) is 4. The molecule has 3 rings (SSSR count). The van der Waals surface area contributed by atoms with Crippen LogP contribution in [0.3, 0.4) is 0 Å². The number of hydrogen-bond donors (Lipinski definition) is 2. The topological polar surface area (TPSA) is 84.2 Å². The van der Waals surface area contributed by atoms with Crippen LogP contribution >= 0.6 is 11.6 Å². The normalized spacial score (nSPS) is 10.8. The van der Waals surface area contributed by atoms with Gasteiger partial charge in [0.2, 0.25) is 5.91 Å². The van der Waals surface area contributed by atoms with Gasteiger partial charge in [0.25, 0.3) is 5.56 Å². The molecule has 6 nitrogen and oxygen atoms in total. The van der Waals surface area contributed by atoms with Gasteiger partial charge in [-0.1, -0.05) is 42.8 Å². The van der Waals surface area contributed by atoms with Crippen LogP contribution in [-0.4, -0.2) is 27.2 Å². The molecule has 0 aliphatic carbocycles. The van der Waals surface area contributed by atoms with Crippen molar-refractivity contribution in [3.05, 3.63) is 86.3 Å². The summed E-state index contributed by atoms with van der Waals surface area (Å²) in [5.74, 6) is 0.0980. The first-order valence-corrected chi connectivity index (χ1v) is 10.6. The van der Waals surface area contributed by atoms with Crippen molar-refractivity contribution in [1.29, 1.82) is 0 Å². The van der Waals surface area contributed by atoms with Crippen molar-refractivity contribution in [3.8, 4) is 11.4 Å². The molecule has 3 aromatic rings. The largest absolute Gasteiger partial charge is 0.396 e. The van der Waals surface area contributed by atoms with E-state index in [2.05, 4.69) is 17.2 Å².